The van der Waals surface area contributed by atoms with Crippen molar-refractivity contribution in [2.75, 3.05) is 13.7 Å². The van der Waals surface area contributed by atoms with Crippen LogP contribution < -0.4 is 4.74 Å². The van der Waals surface area contributed by atoms with Crippen LogP contribution in [0, 0.1) is 5.41 Å². The zero-order valence-corrected chi connectivity index (χ0v) is 19.0. The first-order valence-corrected chi connectivity index (χ1v) is 11.1. The van der Waals surface area contributed by atoms with Gasteiger partial charge in [0.15, 0.2) is 0 Å². The molecule has 0 saturated heterocycles. The zero-order chi connectivity index (χ0) is 20.1. The molecule has 1 aromatic rings. The van der Waals surface area contributed by atoms with Gasteiger partial charge in [-0.15, -0.1) is 0 Å². The Morgan fingerprint density at radius 3 is 2.11 bits per heavy atom. The van der Waals surface area contributed by atoms with Crippen molar-refractivity contribution < 1.29 is 4.74 Å². The molecule has 0 aliphatic heterocycles. The molecule has 0 N–H and O–H groups in total. The lowest BCUT2D eigenvalue weighted by atomic mass is 9.72. The fraction of sp³-hybridized carbons (Fsp3) is 0.760. The number of likely N-dealkylation sites (N-methyl/N-ethyl adjacent to an activating group) is 1. The van der Waals surface area contributed by atoms with Crippen LogP contribution in [0.2, 0.25) is 0 Å². The van der Waals surface area contributed by atoms with Crippen LogP contribution in [0.3, 0.4) is 0 Å². The first-order valence-electron chi connectivity index (χ1n) is 11.1. The molecule has 1 aliphatic carbocycles. The molecule has 0 heterocycles. The molecule has 154 valence electrons. The van der Waals surface area contributed by atoms with Crippen LogP contribution in [0.15, 0.2) is 24.3 Å². The minimum atomic E-state index is 0.184. The molecule has 1 fully saturated rings. The molecule has 2 heteroatoms. The van der Waals surface area contributed by atoms with Gasteiger partial charge in [-0.1, -0.05) is 72.9 Å². The highest BCUT2D eigenvalue weighted by molar-refractivity contribution is 5.31. The maximum atomic E-state index is 6.20. The monoisotopic (exact) mass is 373 g/mol. The predicted octanol–water partition coefficient (Wildman–Crippen LogP) is 6.82. The summed E-state index contributed by atoms with van der Waals surface area (Å²) < 4.78 is 6.20. The highest BCUT2D eigenvalue weighted by Crippen LogP contribution is 2.36. The Morgan fingerprint density at radius 2 is 1.59 bits per heavy atom. The van der Waals surface area contributed by atoms with Crippen molar-refractivity contribution in [3.05, 3.63) is 29.8 Å². The van der Waals surface area contributed by atoms with Gasteiger partial charge >= 0.3 is 0 Å². The summed E-state index contributed by atoms with van der Waals surface area (Å²) in [6.07, 6.45) is 9.20. The number of hydrogen-bond acceptors (Lipinski definition) is 2. The van der Waals surface area contributed by atoms with E-state index in [4.69, 9.17) is 4.74 Å². The topological polar surface area (TPSA) is 12.5 Å². The molecule has 0 bridgehead atoms. The molecule has 1 unspecified atom stereocenters. The van der Waals surface area contributed by atoms with E-state index in [0.29, 0.717) is 11.5 Å². The number of benzene rings is 1. The van der Waals surface area contributed by atoms with Gasteiger partial charge in [0.1, 0.15) is 12.4 Å². The summed E-state index contributed by atoms with van der Waals surface area (Å²) in [5.74, 6) is 1.00. The molecule has 0 spiro atoms. The number of rotatable bonds is 8. The molecule has 1 atom stereocenters. The molecule has 0 radical (unpaired) electrons. The van der Waals surface area contributed by atoms with E-state index in [0.717, 1.165) is 24.8 Å². The first kappa shape index (κ1) is 22.3. The zero-order valence-electron chi connectivity index (χ0n) is 19.0. The molecule has 27 heavy (non-hydrogen) atoms. The van der Waals surface area contributed by atoms with Crippen molar-refractivity contribution in [2.24, 2.45) is 5.41 Å². The lowest BCUT2D eigenvalue weighted by molar-refractivity contribution is 0.0952. The van der Waals surface area contributed by atoms with Crippen LogP contribution in [0.5, 0.6) is 5.75 Å². The highest BCUT2D eigenvalue weighted by Gasteiger charge is 2.27. The molecule has 1 aliphatic rings. The molecule has 1 aromatic carbocycles. The molecule has 2 rings (SSSR count). The third-order valence-corrected chi connectivity index (χ3v) is 6.25. The van der Waals surface area contributed by atoms with Crippen LogP contribution in [-0.4, -0.2) is 30.6 Å². The average molecular weight is 374 g/mol. The van der Waals surface area contributed by atoms with Crippen LogP contribution in [-0.2, 0) is 5.41 Å². The van der Waals surface area contributed by atoms with Crippen LogP contribution in [0.25, 0.3) is 0 Å². The fourth-order valence-corrected chi connectivity index (χ4v) is 4.93. The summed E-state index contributed by atoms with van der Waals surface area (Å²) in [7, 11) is 2.30. The Balaban J connectivity index is 1.93. The summed E-state index contributed by atoms with van der Waals surface area (Å²) in [6, 6.07) is 10.1. The van der Waals surface area contributed by atoms with Gasteiger partial charge < -0.3 is 4.74 Å². The lowest BCUT2D eigenvalue weighted by Gasteiger charge is -2.36. The standard InChI is InChI=1S/C25H43NO/c1-8-21(26(7)22-12-10-9-11-13-22)18-27-23-16-14-20(15-17-23)25(5,6)19-24(2,3)4/h14-17,21-22H,8-13,18-19H2,1-7H3. The van der Waals surface area contributed by atoms with E-state index in [1.165, 1.54) is 44.1 Å². The Kier molecular flexibility index (Phi) is 7.80. The summed E-state index contributed by atoms with van der Waals surface area (Å²) in [5, 5.41) is 0. The molecule has 2 nitrogen and oxygen atoms in total. The van der Waals surface area contributed by atoms with Gasteiger partial charge in [-0.3, -0.25) is 4.90 Å². The van der Waals surface area contributed by atoms with E-state index in [1.54, 1.807) is 0 Å². The maximum absolute atomic E-state index is 6.20. The third-order valence-electron chi connectivity index (χ3n) is 6.25. The van der Waals surface area contributed by atoms with Gasteiger partial charge in [0.05, 0.1) is 0 Å². The first-order chi connectivity index (χ1) is 12.6. The lowest BCUT2D eigenvalue weighted by Crippen LogP contribution is -2.44. The van der Waals surface area contributed by atoms with Crippen molar-refractivity contribution >= 4 is 0 Å². The Morgan fingerprint density at radius 1 is 1.00 bits per heavy atom. The Hall–Kier alpha value is -1.02. The van der Waals surface area contributed by atoms with Gasteiger partial charge in [-0.05, 0) is 61.3 Å². The largest absolute Gasteiger partial charge is 0.492 e. The maximum Gasteiger partial charge on any atom is 0.119 e. The van der Waals surface area contributed by atoms with E-state index in [9.17, 15) is 0 Å². The van der Waals surface area contributed by atoms with Gasteiger partial charge in [-0.25, -0.2) is 0 Å². The summed E-state index contributed by atoms with van der Waals surface area (Å²) in [5.41, 5.74) is 1.91. The Bertz CT molecular complexity index is 549. The minimum absolute atomic E-state index is 0.184. The molecular formula is C25H43NO. The van der Waals surface area contributed by atoms with E-state index < -0.39 is 0 Å². The minimum Gasteiger partial charge on any atom is -0.492 e. The molecule has 1 saturated carbocycles. The number of nitrogens with zero attached hydrogens (tertiary/aromatic N) is 1. The van der Waals surface area contributed by atoms with E-state index in [-0.39, 0.29) is 5.41 Å². The number of ether oxygens (including phenoxy) is 1. The summed E-state index contributed by atoms with van der Waals surface area (Å²) >= 11 is 0. The second-order valence-corrected chi connectivity index (χ2v) is 10.5. The summed E-state index contributed by atoms with van der Waals surface area (Å²) in [4.78, 5) is 2.58. The fourth-order valence-electron chi connectivity index (χ4n) is 4.93. The number of hydrogen-bond donors (Lipinski definition) is 0. The van der Waals surface area contributed by atoms with Crippen molar-refractivity contribution in [1.82, 2.24) is 4.90 Å². The SMILES string of the molecule is CCC(COc1ccc(C(C)(C)CC(C)(C)C)cc1)N(C)C1CCCCC1. The average Bonchev–Trinajstić information content (AvgIpc) is 2.61. The van der Waals surface area contributed by atoms with E-state index >= 15 is 0 Å². The quantitative estimate of drug-likeness (QED) is 0.495. The molecule has 0 aromatic heterocycles. The van der Waals surface area contributed by atoms with Crippen molar-refractivity contribution in [1.29, 1.82) is 0 Å². The smallest absolute Gasteiger partial charge is 0.119 e. The van der Waals surface area contributed by atoms with Crippen molar-refractivity contribution in [3.63, 3.8) is 0 Å². The van der Waals surface area contributed by atoms with E-state index in [1.807, 2.05) is 0 Å². The third kappa shape index (κ3) is 6.82. The summed E-state index contributed by atoms with van der Waals surface area (Å²) in [6.45, 7) is 14.7. The van der Waals surface area contributed by atoms with Gasteiger partial charge in [-0.2, -0.15) is 0 Å². The normalized spacial score (nSPS) is 17.9. The van der Waals surface area contributed by atoms with Crippen LogP contribution >= 0.6 is 0 Å². The van der Waals surface area contributed by atoms with Gasteiger partial charge in [0.2, 0.25) is 0 Å². The van der Waals surface area contributed by atoms with Crippen LogP contribution in [0.4, 0.5) is 0 Å². The molecular weight excluding hydrogens is 330 g/mol. The van der Waals surface area contributed by atoms with Crippen LogP contribution in [0.1, 0.15) is 92.1 Å². The predicted molar refractivity (Wildman–Crippen MR) is 118 cm³/mol. The van der Waals surface area contributed by atoms with Crippen molar-refractivity contribution in [2.45, 2.75) is 104 Å². The second kappa shape index (κ2) is 9.45. The molecule has 0 amide bonds. The van der Waals surface area contributed by atoms with Gasteiger partial charge in [0, 0.05) is 12.1 Å². The highest BCUT2D eigenvalue weighted by atomic mass is 16.5. The Labute approximate surface area is 168 Å². The van der Waals surface area contributed by atoms with E-state index in [2.05, 4.69) is 77.8 Å². The van der Waals surface area contributed by atoms with Crippen molar-refractivity contribution in [3.8, 4) is 5.75 Å². The second-order valence-electron chi connectivity index (χ2n) is 10.5. The van der Waals surface area contributed by atoms with Gasteiger partial charge in [0.25, 0.3) is 0 Å².